The Bertz CT molecular complexity index is 360. The standard InChI is InChI=1S/C18H29N/c1-14(2)16-11-8-15(9-12-16)10-13-18(19-3)17-6-4-5-7-17/h8-9,11-12,14,17-19H,4-7,10,13H2,1-3H3. The lowest BCUT2D eigenvalue weighted by Crippen LogP contribution is -2.32. The van der Waals surface area contributed by atoms with Crippen LogP contribution in [-0.4, -0.2) is 13.1 Å². The van der Waals surface area contributed by atoms with Gasteiger partial charge in [0.2, 0.25) is 0 Å². The molecule has 0 saturated heterocycles. The summed E-state index contributed by atoms with van der Waals surface area (Å²) in [5.74, 6) is 1.55. The smallest absolute Gasteiger partial charge is 0.00954 e. The van der Waals surface area contributed by atoms with Crippen LogP contribution >= 0.6 is 0 Å². The SMILES string of the molecule is CNC(CCc1ccc(C(C)C)cc1)C1CCCC1. The van der Waals surface area contributed by atoms with E-state index in [4.69, 9.17) is 0 Å². The lowest BCUT2D eigenvalue weighted by atomic mass is 9.92. The third-order valence-electron chi connectivity index (χ3n) is 4.73. The highest BCUT2D eigenvalue weighted by Crippen LogP contribution is 2.29. The van der Waals surface area contributed by atoms with Gasteiger partial charge in [0.05, 0.1) is 0 Å². The monoisotopic (exact) mass is 259 g/mol. The lowest BCUT2D eigenvalue weighted by molar-refractivity contribution is 0.360. The van der Waals surface area contributed by atoms with E-state index in [1.165, 1.54) is 49.7 Å². The summed E-state index contributed by atoms with van der Waals surface area (Å²) in [4.78, 5) is 0. The Balaban J connectivity index is 1.86. The zero-order valence-electron chi connectivity index (χ0n) is 12.8. The van der Waals surface area contributed by atoms with Gasteiger partial charge in [0.1, 0.15) is 0 Å². The van der Waals surface area contributed by atoms with E-state index in [1.54, 1.807) is 0 Å². The van der Waals surface area contributed by atoms with Crippen LogP contribution in [0.1, 0.15) is 63.0 Å². The molecule has 1 aromatic rings. The summed E-state index contributed by atoms with van der Waals surface area (Å²) < 4.78 is 0. The Morgan fingerprint density at radius 1 is 1.11 bits per heavy atom. The van der Waals surface area contributed by atoms with E-state index in [1.807, 2.05) is 0 Å². The maximum atomic E-state index is 3.54. The van der Waals surface area contributed by atoms with Gasteiger partial charge in [-0.25, -0.2) is 0 Å². The molecule has 2 rings (SSSR count). The molecule has 1 atom stereocenters. The molecule has 1 aromatic carbocycles. The average Bonchev–Trinajstić information content (AvgIpc) is 2.94. The first kappa shape index (κ1) is 14.6. The zero-order valence-corrected chi connectivity index (χ0v) is 12.8. The molecule has 0 aliphatic heterocycles. The summed E-state index contributed by atoms with van der Waals surface area (Å²) in [7, 11) is 2.13. The highest BCUT2D eigenvalue weighted by atomic mass is 14.9. The second-order valence-corrected chi connectivity index (χ2v) is 6.37. The fourth-order valence-corrected chi connectivity index (χ4v) is 3.37. The maximum Gasteiger partial charge on any atom is 0.00954 e. The highest BCUT2D eigenvalue weighted by Gasteiger charge is 2.23. The number of hydrogen-bond acceptors (Lipinski definition) is 1. The lowest BCUT2D eigenvalue weighted by Gasteiger charge is -2.23. The Kier molecular flexibility index (Phi) is 5.45. The Labute approximate surface area is 118 Å². The van der Waals surface area contributed by atoms with Gasteiger partial charge in [-0.2, -0.15) is 0 Å². The van der Waals surface area contributed by atoms with E-state index in [0.29, 0.717) is 12.0 Å². The highest BCUT2D eigenvalue weighted by molar-refractivity contribution is 5.24. The normalized spacial score (nSPS) is 18.1. The predicted molar refractivity (Wildman–Crippen MR) is 83.7 cm³/mol. The molecule has 0 heterocycles. The van der Waals surface area contributed by atoms with Gasteiger partial charge in [-0.15, -0.1) is 0 Å². The molecule has 0 radical (unpaired) electrons. The van der Waals surface area contributed by atoms with Crippen molar-refractivity contribution < 1.29 is 0 Å². The van der Waals surface area contributed by atoms with Gasteiger partial charge in [0.25, 0.3) is 0 Å². The Morgan fingerprint density at radius 3 is 2.26 bits per heavy atom. The van der Waals surface area contributed by atoms with Gasteiger partial charge in [-0.1, -0.05) is 51.0 Å². The molecule has 1 N–H and O–H groups in total. The largest absolute Gasteiger partial charge is 0.317 e. The van der Waals surface area contributed by atoms with Crippen molar-refractivity contribution >= 4 is 0 Å². The van der Waals surface area contributed by atoms with E-state index in [9.17, 15) is 0 Å². The van der Waals surface area contributed by atoms with Crippen molar-refractivity contribution in [3.63, 3.8) is 0 Å². The summed E-state index contributed by atoms with van der Waals surface area (Å²) >= 11 is 0. The van der Waals surface area contributed by atoms with E-state index in [0.717, 1.165) is 5.92 Å². The van der Waals surface area contributed by atoms with E-state index in [-0.39, 0.29) is 0 Å². The third-order valence-corrected chi connectivity index (χ3v) is 4.73. The molecule has 106 valence electrons. The Morgan fingerprint density at radius 2 is 1.74 bits per heavy atom. The summed E-state index contributed by atoms with van der Waals surface area (Å²) in [6.07, 6.45) is 8.22. The van der Waals surface area contributed by atoms with Gasteiger partial charge >= 0.3 is 0 Å². The van der Waals surface area contributed by atoms with Crippen LogP contribution in [0, 0.1) is 5.92 Å². The molecule has 0 amide bonds. The van der Waals surface area contributed by atoms with Crippen LogP contribution in [0.25, 0.3) is 0 Å². The first-order valence-electron chi connectivity index (χ1n) is 7.97. The van der Waals surface area contributed by atoms with Crippen LogP contribution < -0.4 is 5.32 Å². The molecule has 0 spiro atoms. The molecule has 1 aliphatic rings. The molecular formula is C18H29N. The minimum Gasteiger partial charge on any atom is -0.317 e. The number of rotatable bonds is 6. The fourth-order valence-electron chi connectivity index (χ4n) is 3.37. The fraction of sp³-hybridized carbons (Fsp3) is 0.667. The molecule has 1 fully saturated rings. The molecule has 0 aromatic heterocycles. The molecule has 1 saturated carbocycles. The minimum atomic E-state index is 0.637. The predicted octanol–water partition coefficient (Wildman–Crippen LogP) is 4.52. The third kappa shape index (κ3) is 4.07. The summed E-state index contributed by atoms with van der Waals surface area (Å²) in [6, 6.07) is 9.94. The second kappa shape index (κ2) is 7.09. The van der Waals surface area contributed by atoms with Crippen molar-refractivity contribution in [3.05, 3.63) is 35.4 Å². The van der Waals surface area contributed by atoms with Crippen LogP contribution in [0.2, 0.25) is 0 Å². The van der Waals surface area contributed by atoms with E-state index < -0.39 is 0 Å². The van der Waals surface area contributed by atoms with Gasteiger partial charge in [0, 0.05) is 6.04 Å². The minimum absolute atomic E-state index is 0.637. The van der Waals surface area contributed by atoms with Crippen molar-refractivity contribution in [1.82, 2.24) is 5.32 Å². The molecule has 0 bridgehead atoms. The number of benzene rings is 1. The van der Waals surface area contributed by atoms with Crippen molar-refractivity contribution in [3.8, 4) is 0 Å². The summed E-state index contributed by atoms with van der Waals surface area (Å²) in [5.41, 5.74) is 2.94. The Hall–Kier alpha value is -0.820. The van der Waals surface area contributed by atoms with E-state index >= 15 is 0 Å². The van der Waals surface area contributed by atoms with Crippen LogP contribution in [0.5, 0.6) is 0 Å². The van der Waals surface area contributed by atoms with Crippen molar-refractivity contribution in [2.24, 2.45) is 5.92 Å². The van der Waals surface area contributed by atoms with Crippen LogP contribution in [0.4, 0.5) is 0 Å². The van der Waals surface area contributed by atoms with Crippen molar-refractivity contribution in [2.45, 2.75) is 64.3 Å². The summed E-state index contributed by atoms with van der Waals surface area (Å²) in [5, 5.41) is 3.54. The first-order chi connectivity index (χ1) is 9.20. The van der Waals surface area contributed by atoms with Gasteiger partial charge in [0.15, 0.2) is 0 Å². The van der Waals surface area contributed by atoms with Crippen LogP contribution in [0.15, 0.2) is 24.3 Å². The quantitative estimate of drug-likeness (QED) is 0.792. The van der Waals surface area contributed by atoms with Crippen LogP contribution in [0.3, 0.4) is 0 Å². The summed E-state index contributed by atoms with van der Waals surface area (Å²) in [6.45, 7) is 4.51. The molecule has 1 heteroatoms. The van der Waals surface area contributed by atoms with Gasteiger partial charge in [-0.05, 0) is 55.7 Å². The average molecular weight is 259 g/mol. The maximum absolute atomic E-state index is 3.54. The number of hydrogen-bond donors (Lipinski definition) is 1. The van der Waals surface area contributed by atoms with Crippen molar-refractivity contribution in [1.29, 1.82) is 0 Å². The van der Waals surface area contributed by atoms with Crippen molar-refractivity contribution in [2.75, 3.05) is 7.05 Å². The molecule has 1 aliphatic carbocycles. The molecule has 1 nitrogen and oxygen atoms in total. The van der Waals surface area contributed by atoms with Gasteiger partial charge in [-0.3, -0.25) is 0 Å². The molecule has 1 unspecified atom stereocenters. The van der Waals surface area contributed by atoms with Crippen LogP contribution in [-0.2, 0) is 6.42 Å². The number of nitrogens with one attached hydrogen (secondary N) is 1. The molecular weight excluding hydrogens is 230 g/mol. The topological polar surface area (TPSA) is 12.0 Å². The van der Waals surface area contributed by atoms with Gasteiger partial charge < -0.3 is 5.32 Å². The number of aryl methyl sites for hydroxylation is 1. The first-order valence-corrected chi connectivity index (χ1v) is 7.97. The van der Waals surface area contributed by atoms with E-state index in [2.05, 4.69) is 50.5 Å². The zero-order chi connectivity index (χ0) is 13.7. The molecule has 19 heavy (non-hydrogen) atoms. The second-order valence-electron chi connectivity index (χ2n) is 6.37.